The highest BCUT2D eigenvalue weighted by atomic mass is 32.2. The number of alkyl halides is 1. The van der Waals surface area contributed by atoms with Gasteiger partial charge >= 0.3 is 0 Å². The molecule has 1 aromatic carbocycles. The zero-order valence-electron chi connectivity index (χ0n) is 14.9. The number of halogens is 1. The summed E-state index contributed by atoms with van der Waals surface area (Å²) in [5.74, 6) is 0.0372. The van der Waals surface area contributed by atoms with E-state index in [-0.39, 0.29) is 36.1 Å². The molecule has 7 nitrogen and oxygen atoms in total. The van der Waals surface area contributed by atoms with Crippen molar-refractivity contribution in [1.29, 1.82) is 0 Å². The Bertz CT molecular complexity index is 872. The molecule has 9 heteroatoms. The number of carbonyl (C=O) groups excluding carboxylic acids is 1. The van der Waals surface area contributed by atoms with Gasteiger partial charge in [-0.3, -0.25) is 4.79 Å². The van der Waals surface area contributed by atoms with E-state index < -0.39 is 15.7 Å². The number of likely N-dealkylation sites (tertiary alicyclic amines) is 1. The molecule has 1 N–H and O–H groups in total. The Balaban J connectivity index is 1.38. The number of nitrogens with one attached hydrogen (secondary N) is 1. The second-order valence-electron chi connectivity index (χ2n) is 7.30. The zero-order valence-corrected chi connectivity index (χ0v) is 15.7. The van der Waals surface area contributed by atoms with E-state index in [4.69, 9.17) is 4.74 Å². The fourth-order valence-corrected chi connectivity index (χ4v) is 4.97. The number of fused-ring (bicyclic) bond motifs is 1. The molecule has 2 saturated heterocycles. The fraction of sp³-hybridized carbons (Fsp3) is 0.556. The van der Waals surface area contributed by atoms with Crippen LogP contribution < -0.4 is 5.32 Å². The van der Waals surface area contributed by atoms with Crippen molar-refractivity contribution in [3.05, 3.63) is 29.8 Å². The molecule has 0 radical (unpaired) electrons. The number of nitrogens with zero attached hydrogens (tertiary/aromatic N) is 2. The highest BCUT2D eigenvalue weighted by Gasteiger charge is 2.39. The predicted octanol–water partition coefficient (Wildman–Crippen LogP) is 1.09. The van der Waals surface area contributed by atoms with Crippen LogP contribution in [0.3, 0.4) is 0 Å². The third-order valence-electron chi connectivity index (χ3n) is 5.45. The van der Waals surface area contributed by atoms with Gasteiger partial charge in [-0.05, 0) is 18.6 Å². The standard InChI is InChI=1S/C18H22FN3O4S/c19-18(12-20-17(23)13-5-10-26-11-13)6-8-22(9-7-18)16-14-3-1-2-4-15(14)27(24,25)21-16/h1-4,13H,5-12H2,(H,20,23). The van der Waals surface area contributed by atoms with Crippen LogP contribution in [0.2, 0.25) is 0 Å². The van der Waals surface area contributed by atoms with Crippen molar-refractivity contribution in [3.8, 4) is 0 Å². The summed E-state index contributed by atoms with van der Waals surface area (Å²) in [6, 6.07) is 6.68. The third-order valence-corrected chi connectivity index (χ3v) is 6.78. The maximum atomic E-state index is 15.1. The van der Waals surface area contributed by atoms with Crippen LogP contribution in [0.5, 0.6) is 0 Å². The predicted molar refractivity (Wildman–Crippen MR) is 96.7 cm³/mol. The average Bonchev–Trinajstić information content (AvgIpc) is 3.28. The van der Waals surface area contributed by atoms with E-state index in [9.17, 15) is 13.2 Å². The molecule has 146 valence electrons. The molecule has 3 heterocycles. The number of rotatable bonds is 3. The van der Waals surface area contributed by atoms with Gasteiger partial charge in [-0.2, -0.15) is 8.42 Å². The van der Waals surface area contributed by atoms with Crippen molar-refractivity contribution in [1.82, 2.24) is 10.2 Å². The van der Waals surface area contributed by atoms with Gasteiger partial charge in [0.05, 0.1) is 19.1 Å². The summed E-state index contributed by atoms with van der Waals surface area (Å²) in [7, 11) is -3.68. The molecule has 0 aliphatic carbocycles. The molecule has 27 heavy (non-hydrogen) atoms. The molecule has 1 atom stereocenters. The summed E-state index contributed by atoms with van der Waals surface area (Å²) in [5, 5.41) is 2.71. The van der Waals surface area contributed by atoms with Crippen LogP contribution in [0.15, 0.2) is 33.6 Å². The van der Waals surface area contributed by atoms with Crippen LogP contribution in [0.4, 0.5) is 4.39 Å². The van der Waals surface area contributed by atoms with Gasteiger partial charge in [0.1, 0.15) is 10.6 Å². The van der Waals surface area contributed by atoms with Crippen LogP contribution in [0.25, 0.3) is 0 Å². The topological polar surface area (TPSA) is 88.1 Å². The fourth-order valence-electron chi connectivity index (χ4n) is 3.74. The van der Waals surface area contributed by atoms with E-state index in [1.54, 1.807) is 18.2 Å². The maximum absolute atomic E-state index is 15.1. The number of amidine groups is 1. The molecule has 1 unspecified atom stereocenters. The van der Waals surface area contributed by atoms with Crippen LogP contribution in [0.1, 0.15) is 24.8 Å². The van der Waals surface area contributed by atoms with E-state index in [2.05, 4.69) is 9.71 Å². The van der Waals surface area contributed by atoms with Crippen molar-refractivity contribution in [2.45, 2.75) is 29.8 Å². The van der Waals surface area contributed by atoms with Crippen molar-refractivity contribution < 1.29 is 22.3 Å². The monoisotopic (exact) mass is 395 g/mol. The number of ether oxygens (including phenoxy) is 1. The van der Waals surface area contributed by atoms with Crippen molar-refractivity contribution in [2.24, 2.45) is 10.3 Å². The number of carbonyl (C=O) groups is 1. The van der Waals surface area contributed by atoms with Crippen LogP contribution in [-0.2, 0) is 19.6 Å². The van der Waals surface area contributed by atoms with Gasteiger partial charge in [0.2, 0.25) is 5.91 Å². The normalized spacial score (nSPS) is 25.7. The summed E-state index contributed by atoms with van der Waals surface area (Å²) < 4.78 is 48.6. The lowest BCUT2D eigenvalue weighted by atomic mass is 9.92. The summed E-state index contributed by atoms with van der Waals surface area (Å²) in [4.78, 5) is 14.1. The second kappa shape index (κ2) is 6.87. The molecule has 4 rings (SSSR count). The summed E-state index contributed by atoms with van der Waals surface area (Å²) in [6.45, 7) is 1.63. The van der Waals surface area contributed by atoms with Gasteiger partial charge in [0.15, 0.2) is 5.84 Å². The zero-order chi connectivity index (χ0) is 19.1. The molecule has 3 aliphatic rings. The molecule has 0 bridgehead atoms. The first-order valence-electron chi connectivity index (χ1n) is 9.12. The van der Waals surface area contributed by atoms with Crippen LogP contribution in [0, 0.1) is 5.92 Å². The second-order valence-corrected chi connectivity index (χ2v) is 8.87. The lowest BCUT2D eigenvalue weighted by Crippen LogP contribution is -2.50. The molecular formula is C18H22FN3O4S. The van der Waals surface area contributed by atoms with Crippen molar-refractivity contribution >= 4 is 21.8 Å². The minimum Gasteiger partial charge on any atom is -0.381 e. The first-order chi connectivity index (χ1) is 12.9. The number of piperidine rings is 1. The number of sulfonamides is 1. The molecule has 0 spiro atoms. The number of hydrogen-bond acceptors (Lipinski definition) is 5. The van der Waals surface area contributed by atoms with Crippen LogP contribution in [-0.4, -0.2) is 63.6 Å². The molecule has 3 aliphatic heterocycles. The smallest absolute Gasteiger partial charge is 0.285 e. The van der Waals surface area contributed by atoms with Gasteiger partial charge in [-0.1, -0.05) is 12.1 Å². The first kappa shape index (κ1) is 18.4. The Kier molecular flexibility index (Phi) is 4.67. The molecule has 0 aromatic heterocycles. The Labute approximate surface area is 157 Å². The lowest BCUT2D eigenvalue weighted by Gasteiger charge is -2.37. The molecular weight excluding hydrogens is 373 g/mol. The van der Waals surface area contributed by atoms with Gasteiger partial charge in [-0.15, -0.1) is 4.40 Å². The van der Waals surface area contributed by atoms with E-state index in [0.717, 1.165) is 0 Å². The molecule has 0 saturated carbocycles. The Hall–Kier alpha value is -2.00. The Morgan fingerprint density at radius 3 is 2.78 bits per heavy atom. The number of hydrogen-bond donors (Lipinski definition) is 1. The van der Waals surface area contributed by atoms with E-state index in [1.165, 1.54) is 6.07 Å². The largest absolute Gasteiger partial charge is 0.381 e. The minimum absolute atomic E-state index is 0.0302. The third kappa shape index (κ3) is 3.58. The Morgan fingerprint density at radius 1 is 1.33 bits per heavy atom. The average molecular weight is 395 g/mol. The van der Waals surface area contributed by atoms with Gasteiger partial charge in [0.25, 0.3) is 10.0 Å². The minimum atomic E-state index is -3.68. The van der Waals surface area contributed by atoms with Crippen molar-refractivity contribution in [2.75, 3.05) is 32.8 Å². The highest BCUT2D eigenvalue weighted by Crippen LogP contribution is 2.32. The molecule has 1 amide bonds. The summed E-state index contributed by atoms with van der Waals surface area (Å²) in [5.41, 5.74) is -0.929. The summed E-state index contributed by atoms with van der Waals surface area (Å²) in [6.07, 6.45) is 1.08. The van der Waals surface area contributed by atoms with E-state index >= 15 is 4.39 Å². The Morgan fingerprint density at radius 2 is 2.07 bits per heavy atom. The van der Waals surface area contributed by atoms with E-state index in [1.807, 2.05) is 4.90 Å². The van der Waals surface area contributed by atoms with Crippen LogP contribution >= 0.6 is 0 Å². The number of benzene rings is 1. The molecule has 1 aromatic rings. The highest BCUT2D eigenvalue weighted by molar-refractivity contribution is 7.90. The van der Waals surface area contributed by atoms with Gasteiger partial charge < -0.3 is 15.0 Å². The first-order valence-corrected chi connectivity index (χ1v) is 10.6. The quantitative estimate of drug-likeness (QED) is 0.828. The maximum Gasteiger partial charge on any atom is 0.285 e. The van der Waals surface area contributed by atoms with E-state index in [0.29, 0.717) is 44.1 Å². The summed E-state index contributed by atoms with van der Waals surface area (Å²) >= 11 is 0. The molecule has 2 fully saturated rings. The van der Waals surface area contributed by atoms with Gasteiger partial charge in [0, 0.05) is 38.1 Å². The van der Waals surface area contributed by atoms with Crippen molar-refractivity contribution in [3.63, 3.8) is 0 Å². The van der Waals surface area contributed by atoms with Gasteiger partial charge in [-0.25, -0.2) is 4.39 Å². The number of amides is 1. The SMILES string of the molecule is O=C(NCC1(F)CCN(C2=NS(=O)(=O)c3ccccc32)CC1)C1CCOC1. The lowest BCUT2D eigenvalue weighted by molar-refractivity contribution is -0.125.